The molecule has 1 unspecified atom stereocenters. The maximum absolute atomic E-state index is 11.6. The molecule has 1 aliphatic heterocycles. The quantitative estimate of drug-likeness (QED) is 0.630. The highest BCUT2D eigenvalue weighted by atomic mass is 16.5. The summed E-state index contributed by atoms with van der Waals surface area (Å²) in [5.74, 6) is 0.406. The van der Waals surface area contributed by atoms with Gasteiger partial charge in [0.1, 0.15) is 11.6 Å². The van der Waals surface area contributed by atoms with Crippen molar-refractivity contribution in [2.45, 2.75) is 6.04 Å². The fourth-order valence-corrected chi connectivity index (χ4v) is 3.37. The molecule has 0 saturated carbocycles. The van der Waals surface area contributed by atoms with Crippen LogP contribution in [0.5, 0.6) is 0 Å². The molecule has 0 radical (unpaired) electrons. The Kier molecular flexibility index (Phi) is 4.22. The molecule has 3 aromatic rings. The maximum atomic E-state index is 11.6. The number of rotatable bonds is 2. The van der Waals surface area contributed by atoms with Gasteiger partial charge in [0, 0.05) is 19.6 Å². The first kappa shape index (κ1) is 17.0. The summed E-state index contributed by atoms with van der Waals surface area (Å²) < 4.78 is 9.95. The van der Waals surface area contributed by atoms with Gasteiger partial charge in [-0.1, -0.05) is 30.3 Å². The van der Waals surface area contributed by atoms with Crippen molar-refractivity contribution in [2.24, 2.45) is 0 Å². The van der Waals surface area contributed by atoms with Crippen molar-refractivity contribution in [3.63, 3.8) is 0 Å². The predicted octanol–water partition coefficient (Wildman–Crippen LogP) is 1.51. The highest BCUT2D eigenvalue weighted by molar-refractivity contribution is 5.81. The molecular formula is C19H16N4O4. The third-order valence-electron chi connectivity index (χ3n) is 4.69. The van der Waals surface area contributed by atoms with Crippen LogP contribution in [0, 0.1) is 11.3 Å². The second-order valence-electron chi connectivity index (χ2n) is 6.42. The van der Waals surface area contributed by atoms with Gasteiger partial charge in [-0.25, -0.2) is 14.6 Å². The molecule has 2 aromatic heterocycles. The summed E-state index contributed by atoms with van der Waals surface area (Å²) in [5, 5.41) is 9.71. The molecule has 0 amide bonds. The van der Waals surface area contributed by atoms with Crippen LogP contribution in [-0.2, 0) is 0 Å². The molecule has 0 bridgehead atoms. The predicted molar refractivity (Wildman–Crippen MR) is 97.6 cm³/mol. The lowest BCUT2D eigenvalue weighted by Crippen LogP contribution is -2.47. The van der Waals surface area contributed by atoms with Crippen molar-refractivity contribution in [3.8, 4) is 6.07 Å². The fourth-order valence-electron chi connectivity index (χ4n) is 3.37. The largest absolute Gasteiger partial charge is 0.423 e. The summed E-state index contributed by atoms with van der Waals surface area (Å²) in [6.07, 6.45) is 1.32. The van der Waals surface area contributed by atoms with Crippen molar-refractivity contribution in [1.29, 1.82) is 5.26 Å². The number of anilines is 1. The number of nitrogens with zero attached hydrogens (tertiary/aromatic N) is 4. The normalized spacial score (nSPS) is 17.8. The van der Waals surface area contributed by atoms with Gasteiger partial charge in [0.25, 0.3) is 0 Å². The number of piperazine rings is 1. The Hall–Kier alpha value is -3.44. The van der Waals surface area contributed by atoms with E-state index in [2.05, 4.69) is 16.0 Å². The molecular weight excluding hydrogens is 348 g/mol. The van der Waals surface area contributed by atoms with E-state index in [1.54, 1.807) is 0 Å². The van der Waals surface area contributed by atoms with Gasteiger partial charge in [0.15, 0.2) is 17.0 Å². The van der Waals surface area contributed by atoms with E-state index < -0.39 is 11.3 Å². The minimum Gasteiger partial charge on any atom is -0.412 e. The lowest BCUT2D eigenvalue weighted by Gasteiger charge is -2.41. The molecule has 27 heavy (non-hydrogen) atoms. The molecule has 0 N–H and O–H groups in total. The van der Waals surface area contributed by atoms with Crippen molar-refractivity contribution >= 4 is 17.0 Å². The number of likely N-dealkylation sites (N-methyl/N-ethyl adjacent to an activating group) is 1. The van der Waals surface area contributed by atoms with Crippen LogP contribution in [0.1, 0.15) is 17.2 Å². The number of aromatic nitrogens is 1. The van der Waals surface area contributed by atoms with Gasteiger partial charge < -0.3 is 18.6 Å². The third-order valence-corrected chi connectivity index (χ3v) is 4.69. The van der Waals surface area contributed by atoms with Crippen molar-refractivity contribution in [1.82, 2.24) is 9.88 Å². The van der Waals surface area contributed by atoms with E-state index in [9.17, 15) is 14.9 Å². The summed E-state index contributed by atoms with van der Waals surface area (Å²) in [7, 11) is 2.04. The van der Waals surface area contributed by atoms with E-state index in [-0.39, 0.29) is 22.8 Å². The highest BCUT2D eigenvalue weighted by Crippen LogP contribution is 2.33. The van der Waals surface area contributed by atoms with Gasteiger partial charge >= 0.3 is 11.3 Å². The molecule has 4 rings (SSSR count). The Labute approximate surface area is 153 Å². The van der Waals surface area contributed by atoms with Crippen LogP contribution in [0.4, 0.5) is 5.82 Å². The SMILES string of the molecule is CN1CCN(c2ncc3oc(=O)c(=O)oc3c2C#N)C(c2ccccc2)C1. The highest BCUT2D eigenvalue weighted by Gasteiger charge is 2.30. The Morgan fingerprint density at radius 1 is 1.15 bits per heavy atom. The zero-order valence-electron chi connectivity index (χ0n) is 14.6. The molecule has 1 fully saturated rings. The molecule has 0 spiro atoms. The van der Waals surface area contributed by atoms with Gasteiger partial charge in [0.05, 0.1) is 12.2 Å². The number of benzene rings is 1. The van der Waals surface area contributed by atoms with Crippen LogP contribution in [0.25, 0.3) is 11.2 Å². The van der Waals surface area contributed by atoms with Crippen LogP contribution in [0.15, 0.2) is 55.0 Å². The van der Waals surface area contributed by atoms with Crippen LogP contribution < -0.4 is 16.2 Å². The summed E-state index contributed by atoms with van der Waals surface area (Å²) in [6.45, 7) is 2.19. The second kappa shape index (κ2) is 6.70. The topological polar surface area (TPSA) is 104 Å². The molecule has 1 aromatic carbocycles. The zero-order chi connectivity index (χ0) is 19.0. The Morgan fingerprint density at radius 2 is 1.89 bits per heavy atom. The van der Waals surface area contributed by atoms with Crippen LogP contribution >= 0.6 is 0 Å². The average molecular weight is 364 g/mol. The lowest BCUT2D eigenvalue weighted by atomic mass is 10.0. The first-order valence-corrected chi connectivity index (χ1v) is 8.45. The average Bonchev–Trinajstić information content (AvgIpc) is 2.69. The maximum Gasteiger partial charge on any atom is 0.423 e. The lowest BCUT2D eigenvalue weighted by molar-refractivity contribution is 0.268. The molecule has 8 heteroatoms. The first-order chi connectivity index (χ1) is 13.1. The Morgan fingerprint density at radius 3 is 2.63 bits per heavy atom. The van der Waals surface area contributed by atoms with E-state index in [1.165, 1.54) is 6.20 Å². The fraction of sp³-hybridized carbons (Fsp3) is 0.263. The van der Waals surface area contributed by atoms with E-state index in [4.69, 9.17) is 8.83 Å². The molecule has 1 aliphatic rings. The van der Waals surface area contributed by atoms with E-state index >= 15 is 0 Å². The Balaban J connectivity index is 1.89. The molecule has 8 nitrogen and oxygen atoms in total. The van der Waals surface area contributed by atoms with Gasteiger partial charge in [-0.05, 0) is 12.6 Å². The summed E-state index contributed by atoms with van der Waals surface area (Å²) in [6, 6.07) is 12.0. The van der Waals surface area contributed by atoms with Crippen LogP contribution in [-0.4, -0.2) is 36.6 Å². The Bertz CT molecular complexity index is 1150. The molecule has 0 aliphatic carbocycles. The van der Waals surface area contributed by atoms with E-state index in [0.717, 1.165) is 18.7 Å². The smallest absolute Gasteiger partial charge is 0.412 e. The van der Waals surface area contributed by atoms with Gasteiger partial charge in [-0.15, -0.1) is 0 Å². The summed E-state index contributed by atoms with van der Waals surface area (Å²) in [4.78, 5) is 31.6. The number of nitriles is 1. The minimum absolute atomic E-state index is 0.0229. The van der Waals surface area contributed by atoms with E-state index in [1.807, 2.05) is 42.3 Å². The molecule has 3 heterocycles. The van der Waals surface area contributed by atoms with Crippen molar-refractivity contribution in [2.75, 3.05) is 31.6 Å². The van der Waals surface area contributed by atoms with Gasteiger partial charge in [-0.3, -0.25) is 0 Å². The standard InChI is InChI=1S/C19H16N4O4/c1-22-7-8-23(14(11-22)12-5-3-2-4-6-12)17-13(9-20)16-15(10-21-17)26-18(24)19(25)27-16/h2-6,10,14H,7-8,11H2,1H3. The molecule has 136 valence electrons. The first-order valence-electron chi connectivity index (χ1n) is 8.45. The van der Waals surface area contributed by atoms with E-state index in [0.29, 0.717) is 12.4 Å². The van der Waals surface area contributed by atoms with Crippen molar-refractivity contribution in [3.05, 3.63) is 68.5 Å². The molecule has 1 saturated heterocycles. The number of fused-ring (bicyclic) bond motifs is 1. The number of hydrogen-bond donors (Lipinski definition) is 0. The van der Waals surface area contributed by atoms with Gasteiger partial charge in [0.2, 0.25) is 0 Å². The number of hydrogen-bond acceptors (Lipinski definition) is 8. The number of pyridine rings is 1. The van der Waals surface area contributed by atoms with Crippen molar-refractivity contribution < 1.29 is 8.83 Å². The molecule has 1 atom stereocenters. The zero-order valence-corrected chi connectivity index (χ0v) is 14.6. The minimum atomic E-state index is -1.14. The van der Waals surface area contributed by atoms with Crippen LogP contribution in [0.3, 0.4) is 0 Å². The van der Waals surface area contributed by atoms with Crippen LogP contribution in [0.2, 0.25) is 0 Å². The van der Waals surface area contributed by atoms with Gasteiger partial charge in [-0.2, -0.15) is 5.26 Å². The summed E-state index contributed by atoms with van der Waals surface area (Å²) in [5.41, 5.74) is -1.17. The third kappa shape index (κ3) is 2.98. The monoisotopic (exact) mass is 364 g/mol. The second-order valence-corrected chi connectivity index (χ2v) is 6.42. The summed E-state index contributed by atoms with van der Waals surface area (Å²) >= 11 is 0.